The van der Waals surface area contributed by atoms with Gasteiger partial charge in [-0.15, -0.1) is 0 Å². The lowest BCUT2D eigenvalue weighted by Gasteiger charge is -2.21. The van der Waals surface area contributed by atoms with E-state index in [9.17, 15) is 4.79 Å². The van der Waals surface area contributed by atoms with E-state index in [0.29, 0.717) is 5.69 Å². The van der Waals surface area contributed by atoms with Gasteiger partial charge in [0.2, 0.25) is 0 Å². The molecular formula is C17H21N3O. The summed E-state index contributed by atoms with van der Waals surface area (Å²) in [4.78, 5) is 18.6. The molecule has 4 heteroatoms. The fourth-order valence-corrected chi connectivity index (χ4v) is 2.21. The first-order valence-corrected chi connectivity index (χ1v) is 7.24. The smallest absolute Gasteiger partial charge is 0.274 e. The van der Waals surface area contributed by atoms with Crippen molar-refractivity contribution in [3.8, 4) is 0 Å². The molecule has 0 aliphatic heterocycles. The molecule has 1 aromatic carbocycles. The van der Waals surface area contributed by atoms with Crippen LogP contribution in [-0.2, 0) is 0 Å². The number of carbonyl (C=O) groups is 1. The molecule has 1 aromatic heterocycles. The van der Waals surface area contributed by atoms with Crippen LogP contribution in [-0.4, -0.2) is 24.0 Å². The number of nitrogens with zero attached hydrogens (tertiary/aromatic N) is 2. The van der Waals surface area contributed by atoms with Gasteiger partial charge in [-0.2, -0.15) is 0 Å². The van der Waals surface area contributed by atoms with E-state index in [-0.39, 0.29) is 5.91 Å². The van der Waals surface area contributed by atoms with Gasteiger partial charge in [-0.05, 0) is 57.2 Å². The van der Waals surface area contributed by atoms with Crippen LogP contribution in [0.25, 0.3) is 0 Å². The lowest BCUT2D eigenvalue weighted by molar-refractivity contribution is 0.102. The van der Waals surface area contributed by atoms with Gasteiger partial charge in [0, 0.05) is 30.2 Å². The van der Waals surface area contributed by atoms with Crippen molar-refractivity contribution < 1.29 is 4.79 Å². The topological polar surface area (TPSA) is 45.2 Å². The van der Waals surface area contributed by atoms with Gasteiger partial charge in [-0.25, -0.2) is 4.98 Å². The molecule has 0 atom stereocenters. The number of aryl methyl sites for hydroxylation is 1. The predicted molar refractivity (Wildman–Crippen MR) is 86.9 cm³/mol. The lowest BCUT2D eigenvalue weighted by atomic mass is 10.2. The molecule has 1 heterocycles. The highest BCUT2D eigenvalue weighted by Gasteiger charge is 2.08. The van der Waals surface area contributed by atoms with Crippen LogP contribution in [0, 0.1) is 6.92 Å². The molecule has 1 amide bonds. The molecule has 0 spiro atoms. The van der Waals surface area contributed by atoms with E-state index in [0.717, 1.165) is 30.2 Å². The van der Waals surface area contributed by atoms with Gasteiger partial charge < -0.3 is 10.2 Å². The van der Waals surface area contributed by atoms with Crippen molar-refractivity contribution in [2.75, 3.05) is 23.3 Å². The third-order valence-corrected chi connectivity index (χ3v) is 3.37. The number of nitrogens with one attached hydrogen (secondary N) is 1. The highest BCUT2D eigenvalue weighted by Crippen LogP contribution is 2.18. The zero-order valence-electron chi connectivity index (χ0n) is 12.8. The molecule has 2 aromatic rings. The zero-order chi connectivity index (χ0) is 15.2. The van der Waals surface area contributed by atoms with Crippen molar-refractivity contribution in [1.29, 1.82) is 0 Å². The monoisotopic (exact) mass is 283 g/mol. The number of carbonyl (C=O) groups excluding carboxylic acids is 1. The standard InChI is InChI=1S/C17H21N3O/c1-4-20(5-2)15-11-9-14(10-12-15)19-17(21)16-8-6-7-13(3)18-16/h6-12H,4-5H2,1-3H3,(H,19,21). The molecule has 0 bridgehead atoms. The number of rotatable bonds is 5. The minimum absolute atomic E-state index is 0.186. The largest absolute Gasteiger partial charge is 0.372 e. The van der Waals surface area contributed by atoms with E-state index in [4.69, 9.17) is 0 Å². The first-order valence-electron chi connectivity index (χ1n) is 7.24. The Kier molecular flexibility index (Phi) is 4.93. The van der Waals surface area contributed by atoms with Crippen LogP contribution < -0.4 is 10.2 Å². The van der Waals surface area contributed by atoms with Gasteiger partial charge >= 0.3 is 0 Å². The average Bonchev–Trinajstić information content (AvgIpc) is 2.50. The van der Waals surface area contributed by atoms with Gasteiger partial charge in [-0.1, -0.05) is 6.07 Å². The number of pyridine rings is 1. The highest BCUT2D eigenvalue weighted by atomic mass is 16.1. The van der Waals surface area contributed by atoms with Crippen molar-refractivity contribution in [2.45, 2.75) is 20.8 Å². The summed E-state index contributed by atoms with van der Waals surface area (Å²) in [6.07, 6.45) is 0. The van der Waals surface area contributed by atoms with Gasteiger partial charge in [0.25, 0.3) is 5.91 Å². The molecule has 0 saturated heterocycles. The number of hydrogen-bond acceptors (Lipinski definition) is 3. The van der Waals surface area contributed by atoms with Gasteiger partial charge in [0.1, 0.15) is 5.69 Å². The fourth-order valence-electron chi connectivity index (χ4n) is 2.21. The van der Waals surface area contributed by atoms with E-state index < -0.39 is 0 Å². The Morgan fingerprint density at radius 1 is 1.10 bits per heavy atom. The van der Waals surface area contributed by atoms with Gasteiger partial charge in [0.15, 0.2) is 0 Å². The quantitative estimate of drug-likeness (QED) is 0.913. The number of amides is 1. The summed E-state index contributed by atoms with van der Waals surface area (Å²) in [6.45, 7) is 8.06. The SMILES string of the molecule is CCN(CC)c1ccc(NC(=O)c2cccc(C)n2)cc1. The zero-order valence-corrected chi connectivity index (χ0v) is 12.8. The summed E-state index contributed by atoms with van der Waals surface area (Å²) in [5.74, 6) is -0.186. The van der Waals surface area contributed by atoms with E-state index >= 15 is 0 Å². The molecule has 21 heavy (non-hydrogen) atoms. The third-order valence-electron chi connectivity index (χ3n) is 3.37. The van der Waals surface area contributed by atoms with Crippen molar-refractivity contribution in [2.24, 2.45) is 0 Å². The Morgan fingerprint density at radius 2 is 1.76 bits per heavy atom. The second kappa shape index (κ2) is 6.88. The van der Waals surface area contributed by atoms with E-state index in [1.54, 1.807) is 6.07 Å². The first kappa shape index (κ1) is 15.0. The molecule has 0 radical (unpaired) electrons. The van der Waals surface area contributed by atoms with Gasteiger partial charge in [-0.3, -0.25) is 4.79 Å². The maximum Gasteiger partial charge on any atom is 0.274 e. The van der Waals surface area contributed by atoms with E-state index in [1.165, 1.54) is 0 Å². The summed E-state index contributed by atoms with van der Waals surface area (Å²) in [5.41, 5.74) is 3.20. The highest BCUT2D eigenvalue weighted by molar-refractivity contribution is 6.02. The van der Waals surface area contributed by atoms with Crippen LogP contribution in [0.1, 0.15) is 30.0 Å². The Morgan fingerprint density at radius 3 is 2.33 bits per heavy atom. The van der Waals surface area contributed by atoms with Crippen LogP contribution >= 0.6 is 0 Å². The minimum Gasteiger partial charge on any atom is -0.372 e. The third kappa shape index (κ3) is 3.81. The molecule has 0 unspecified atom stereocenters. The Labute approximate surface area is 125 Å². The normalized spacial score (nSPS) is 10.2. The predicted octanol–water partition coefficient (Wildman–Crippen LogP) is 3.49. The number of anilines is 2. The number of benzene rings is 1. The number of aromatic nitrogens is 1. The maximum absolute atomic E-state index is 12.1. The van der Waals surface area contributed by atoms with Crippen LogP contribution in [0.3, 0.4) is 0 Å². The summed E-state index contributed by atoms with van der Waals surface area (Å²) < 4.78 is 0. The summed E-state index contributed by atoms with van der Waals surface area (Å²) >= 11 is 0. The number of hydrogen-bond donors (Lipinski definition) is 1. The fraction of sp³-hybridized carbons (Fsp3) is 0.294. The van der Waals surface area contributed by atoms with Crippen LogP contribution in [0.2, 0.25) is 0 Å². The molecule has 0 fully saturated rings. The first-order chi connectivity index (χ1) is 10.1. The Bertz CT molecular complexity index is 604. The second-order valence-corrected chi connectivity index (χ2v) is 4.84. The van der Waals surface area contributed by atoms with Crippen molar-refractivity contribution in [3.05, 3.63) is 53.9 Å². The van der Waals surface area contributed by atoms with Crippen molar-refractivity contribution >= 4 is 17.3 Å². The summed E-state index contributed by atoms with van der Waals surface area (Å²) in [7, 11) is 0. The summed E-state index contributed by atoms with van der Waals surface area (Å²) in [6, 6.07) is 13.3. The van der Waals surface area contributed by atoms with Crippen molar-refractivity contribution in [1.82, 2.24) is 4.98 Å². The molecule has 1 N–H and O–H groups in total. The lowest BCUT2D eigenvalue weighted by Crippen LogP contribution is -2.21. The molecule has 110 valence electrons. The Balaban J connectivity index is 2.08. The molecule has 2 rings (SSSR count). The Hall–Kier alpha value is -2.36. The second-order valence-electron chi connectivity index (χ2n) is 4.84. The van der Waals surface area contributed by atoms with Crippen LogP contribution in [0.4, 0.5) is 11.4 Å². The average molecular weight is 283 g/mol. The molecule has 4 nitrogen and oxygen atoms in total. The molecule has 0 aliphatic rings. The minimum atomic E-state index is -0.186. The van der Waals surface area contributed by atoms with E-state index in [2.05, 4.69) is 29.0 Å². The molecule has 0 aliphatic carbocycles. The van der Waals surface area contributed by atoms with Crippen LogP contribution in [0.15, 0.2) is 42.5 Å². The maximum atomic E-state index is 12.1. The van der Waals surface area contributed by atoms with E-state index in [1.807, 2.05) is 43.3 Å². The van der Waals surface area contributed by atoms with Crippen LogP contribution in [0.5, 0.6) is 0 Å². The molecule has 0 saturated carbocycles. The summed E-state index contributed by atoms with van der Waals surface area (Å²) in [5, 5.41) is 2.87. The van der Waals surface area contributed by atoms with Crippen molar-refractivity contribution in [3.63, 3.8) is 0 Å². The molecular weight excluding hydrogens is 262 g/mol. The van der Waals surface area contributed by atoms with Gasteiger partial charge in [0.05, 0.1) is 0 Å².